The Hall–Kier alpha value is 0.310. The lowest BCUT2D eigenvalue weighted by Gasteiger charge is -2.15. The van der Waals surface area contributed by atoms with E-state index in [1.165, 1.54) is 180 Å². The summed E-state index contributed by atoms with van der Waals surface area (Å²) in [6.07, 6.45) is 41.4. The molecule has 0 aromatic rings. The monoisotopic (exact) mass is 603 g/mol. The van der Waals surface area contributed by atoms with Crippen molar-refractivity contribution >= 4 is 9.90 Å². The molecule has 0 rings (SSSR count). The number of rotatable bonds is 36. The minimum atomic E-state index is -0.150. The van der Waals surface area contributed by atoms with Crippen LogP contribution in [-0.4, -0.2) is 37.6 Å². The topological polar surface area (TPSA) is 38.7 Å². The fraction of sp³-hybridized carbons (Fsp3) is 1.00. The smallest absolute Gasteiger partial charge is 0.104 e. The van der Waals surface area contributed by atoms with Crippen molar-refractivity contribution in [2.24, 2.45) is 0 Å². The normalized spacial score (nSPS) is 12.1. The Morgan fingerprint density at radius 3 is 0.951 bits per heavy atom. The van der Waals surface area contributed by atoms with E-state index >= 15 is 0 Å². The fourth-order valence-corrected chi connectivity index (χ4v) is 5.67. The highest BCUT2D eigenvalue weighted by molar-refractivity contribution is 6.92. The van der Waals surface area contributed by atoms with Crippen molar-refractivity contribution in [1.29, 1.82) is 0 Å². The molecule has 41 heavy (non-hydrogen) atoms. The highest BCUT2D eigenvalue weighted by atomic mass is 31.0. The van der Waals surface area contributed by atoms with Crippen molar-refractivity contribution in [2.45, 2.75) is 213 Å². The molecule has 3 nitrogen and oxygen atoms in total. The van der Waals surface area contributed by atoms with Crippen LogP contribution in [0.3, 0.4) is 0 Å². The van der Waals surface area contributed by atoms with Crippen LogP contribution in [0.25, 0.3) is 0 Å². The molecule has 2 atom stereocenters. The molecule has 250 valence electrons. The predicted molar refractivity (Wildman–Crippen MR) is 189 cm³/mol. The average Bonchev–Trinajstić information content (AvgIpc) is 2.97. The number of aliphatic hydroxyl groups excluding tert-OH is 1. The molecule has 0 radical (unpaired) electrons. The SMILES string of the molecule is CCCCCCCCCCCCCCCCCCO[C@@H](CO)COCCCCCCCCCCCCCCCC.P. The maximum atomic E-state index is 9.58. The average molecular weight is 603 g/mol. The lowest BCUT2D eigenvalue weighted by atomic mass is 10.0. The second-order valence-corrected chi connectivity index (χ2v) is 12.6. The van der Waals surface area contributed by atoms with Gasteiger partial charge in [-0.2, -0.15) is 9.90 Å². The van der Waals surface area contributed by atoms with E-state index in [9.17, 15) is 5.11 Å². The lowest BCUT2D eigenvalue weighted by molar-refractivity contribution is -0.0437. The first kappa shape index (κ1) is 43.4. The van der Waals surface area contributed by atoms with Crippen molar-refractivity contribution in [2.75, 3.05) is 26.4 Å². The quantitative estimate of drug-likeness (QED) is 0.0572. The molecule has 0 saturated carbocycles. The third-order valence-electron chi connectivity index (χ3n) is 8.50. The van der Waals surface area contributed by atoms with Crippen molar-refractivity contribution in [3.05, 3.63) is 0 Å². The molecule has 1 unspecified atom stereocenters. The highest BCUT2D eigenvalue weighted by Crippen LogP contribution is 2.15. The summed E-state index contributed by atoms with van der Waals surface area (Å²) in [4.78, 5) is 0. The Bertz CT molecular complexity index is 434. The second-order valence-electron chi connectivity index (χ2n) is 12.6. The predicted octanol–water partition coefficient (Wildman–Crippen LogP) is 12.2. The Morgan fingerprint density at radius 2 is 0.659 bits per heavy atom. The van der Waals surface area contributed by atoms with Crippen LogP contribution >= 0.6 is 9.90 Å². The Labute approximate surface area is 263 Å². The molecule has 0 amide bonds. The van der Waals surface area contributed by atoms with Crippen LogP contribution in [0.15, 0.2) is 0 Å². The van der Waals surface area contributed by atoms with E-state index in [1.54, 1.807) is 0 Å². The standard InChI is InChI=1S/C37H76O3.H3P/c1-3-5-7-9-11-13-15-17-19-20-22-24-26-28-30-32-34-40-37(35-38)36-39-33-31-29-27-25-23-21-18-16-14-12-10-8-6-4-2;/h37-38H,3-36H2,1-2H3;1H3/t37-;/m0./s1. The first-order chi connectivity index (χ1) is 19.8. The Morgan fingerprint density at radius 1 is 0.390 bits per heavy atom. The zero-order valence-corrected chi connectivity index (χ0v) is 30.0. The molecule has 0 aromatic heterocycles. The van der Waals surface area contributed by atoms with Gasteiger partial charge in [0, 0.05) is 13.2 Å². The van der Waals surface area contributed by atoms with Gasteiger partial charge in [-0.1, -0.05) is 194 Å². The zero-order valence-electron chi connectivity index (χ0n) is 28.6. The van der Waals surface area contributed by atoms with Gasteiger partial charge in [0.1, 0.15) is 6.10 Å². The van der Waals surface area contributed by atoms with Gasteiger partial charge in [0.25, 0.3) is 0 Å². The van der Waals surface area contributed by atoms with Gasteiger partial charge in [-0.15, -0.1) is 0 Å². The lowest BCUT2D eigenvalue weighted by Crippen LogP contribution is -2.24. The van der Waals surface area contributed by atoms with Crippen LogP contribution in [0.2, 0.25) is 0 Å². The number of aliphatic hydroxyl groups is 1. The van der Waals surface area contributed by atoms with Gasteiger partial charge in [0.2, 0.25) is 0 Å². The molecule has 0 spiro atoms. The molecule has 0 aliphatic carbocycles. The van der Waals surface area contributed by atoms with Crippen LogP contribution in [0, 0.1) is 0 Å². The van der Waals surface area contributed by atoms with Crippen molar-refractivity contribution in [3.63, 3.8) is 0 Å². The van der Waals surface area contributed by atoms with E-state index in [0.29, 0.717) is 6.61 Å². The van der Waals surface area contributed by atoms with Crippen molar-refractivity contribution in [1.82, 2.24) is 0 Å². The summed E-state index contributed by atoms with van der Waals surface area (Å²) in [6, 6.07) is 0. The van der Waals surface area contributed by atoms with Crippen LogP contribution in [0.1, 0.15) is 206 Å². The molecule has 0 fully saturated rings. The van der Waals surface area contributed by atoms with E-state index in [0.717, 1.165) is 26.1 Å². The van der Waals surface area contributed by atoms with Crippen LogP contribution in [-0.2, 0) is 9.47 Å². The van der Waals surface area contributed by atoms with Crippen LogP contribution in [0.5, 0.6) is 0 Å². The van der Waals surface area contributed by atoms with E-state index < -0.39 is 0 Å². The fourth-order valence-electron chi connectivity index (χ4n) is 5.67. The molecule has 0 aliphatic rings. The maximum absolute atomic E-state index is 9.58. The molecule has 0 heterocycles. The summed E-state index contributed by atoms with van der Waals surface area (Å²) in [5, 5.41) is 9.58. The summed E-state index contributed by atoms with van der Waals surface area (Å²) < 4.78 is 11.7. The molecule has 4 heteroatoms. The molecule has 0 saturated heterocycles. The third-order valence-corrected chi connectivity index (χ3v) is 8.50. The van der Waals surface area contributed by atoms with E-state index in [4.69, 9.17) is 9.47 Å². The Balaban J connectivity index is 0. The second kappa shape index (κ2) is 40.3. The Kier molecular flexibility index (Phi) is 42.7. The van der Waals surface area contributed by atoms with Crippen LogP contribution < -0.4 is 0 Å². The first-order valence-corrected chi connectivity index (χ1v) is 18.6. The first-order valence-electron chi connectivity index (χ1n) is 18.6. The summed E-state index contributed by atoms with van der Waals surface area (Å²) >= 11 is 0. The van der Waals surface area contributed by atoms with Gasteiger partial charge in [-0.05, 0) is 12.8 Å². The van der Waals surface area contributed by atoms with Gasteiger partial charge in [-0.25, -0.2) is 0 Å². The number of hydrogen-bond acceptors (Lipinski definition) is 3. The maximum Gasteiger partial charge on any atom is 0.104 e. The molecule has 0 bridgehead atoms. The number of unbranched alkanes of at least 4 members (excludes halogenated alkanes) is 28. The summed E-state index contributed by atoms with van der Waals surface area (Å²) in [5.41, 5.74) is 0. The highest BCUT2D eigenvalue weighted by Gasteiger charge is 2.07. The molecule has 0 aromatic carbocycles. The third kappa shape index (κ3) is 38.3. The molecule has 0 aliphatic heterocycles. The van der Waals surface area contributed by atoms with Gasteiger partial charge in [0.15, 0.2) is 0 Å². The molecule has 1 N–H and O–H groups in total. The van der Waals surface area contributed by atoms with Crippen LogP contribution in [0.4, 0.5) is 0 Å². The van der Waals surface area contributed by atoms with Crippen molar-refractivity contribution in [3.8, 4) is 0 Å². The van der Waals surface area contributed by atoms with Gasteiger partial charge in [0.05, 0.1) is 13.2 Å². The molecular formula is C37H79O3P. The molecular weight excluding hydrogens is 523 g/mol. The summed E-state index contributed by atoms with van der Waals surface area (Å²) in [6.45, 7) is 6.74. The summed E-state index contributed by atoms with van der Waals surface area (Å²) in [7, 11) is 0. The van der Waals surface area contributed by atoms with E-state index in [-0.39, 0.29) is 22.6 Å². The van der Waals surface area contributed by atoms with Crippen molar-refractivity contribution < 1.29 is 14.6 Å². The van der Waals surface area contributed by atoms with Gasteiger partial charge < -0.3 is 14.6 Å². The largest absolute Gasteiger partial charge is 0.394 e. The van der Waals surface area contributed by atoms with Gasteiger partial charge in [-0.3, -0.25) is 0 Å². The number of ether oxygens (including phenoxy) is 2. The van der Waals surface area contributed by atoms with E-state index in [1.807, 2.05) is 0 Å². The van der Waals surface area contributed by atoms with E-state index in [2.05, 4.69) is 13.8 Å². The summed E-state index contributed by atoms with van der Waals surface area (Å²) in [5.74, 6) is 0. The number of hydrogen-bond donors (Lipinski definition) is 1. The minimum absolute atomic E-state index is 0. The zero-order chi connectivity index (χ0) is 29.0. The van der Waals surface area contributed by atoms with Gasteiger partial charge >= 0.3 is 0 Å². The minimum Gasteiger partial charge on any atom is -0.394 e.